The predicted octanol–water partition coefficient (Wildman–Crippen LogP) is 3.08. The minimum absolute atomic E-state index is 0.00161. The van der Waals surface area contributed by atoms with Gasteiger partial charge in [-0.3, -0.25) is 10.1 Å². The van der Waals surface area contributed by atoms with Gasteiger partial charge in [-0.05, 0) is 26.0 Å². The Balaban J connectivity index is 2.40. The van der Waals surface area contributed by atoms with Crippen LogP contribution in [0.5, 0.6) is 5.75 Å². The second-order valence-electron chi connectivity index (χ2n) is 4.40. The zero-order chi connectivity index (χ0) is 15.4. The van der Waals surface area contributed by atoms with Gasteiger partial charge >= 0.3 is 5.97 Å². The summed E-state index contributed by atoms with van der Waals surface area (Å²) in [6, 6.07) is 9.71. The Morgan fingerprint density at radius 1 is 1.24 bits per heavy atom. The van der Waals surface area contributed by atoms with Crippen molar-refractivity contribution in [1.82, 2.24) is 0 Å². The molecule has 0 aliphatic carbocycles. The fourth-order valence-electron chi connectivity index (χ4n) is 2.02. The molecule has 0 N–H and O–H groups in total. The molecule has 110 valence electrons. The topological polar surface area (TPSA) is 78.7 Å². The maximum atomic E-state index is 11.6. The number of fused-ring (bicyclic) bond motifs is 1. The number of nitro benzene ring substituents is 1. The zero-order valence-electron chi connectivity index (χ0n) is 11.7. The molecule has 6 heteroatoms. The van der Waals surface area contributed by atoms with Crippen molar-refractivity contribution in [2.75, 3.05) is 6.61 Å². The first-order valence-electron chi connectivity index (χ1n) is 6.54. The van der Waals surface area contributed by atoms with Gasteiger partial charge in [-0.25, -0.2) is 4.79 Å². The van der Waals surface area contributed by atoms with E-state index in [4.69, 9.17) is 9.47 Å². The Labute approximate surface area is 121 Å². The molecule has 0 heterocycles. The molecule has 0 aromatic heterocycles. The highest BCUT2D eigenvalue weighted by atomic mass is 16.6. The Hall–Kier alpha value is -2.63. The lowest BCUT2D eigenvalue weighted by Gasteiger charge is -2.15. The largest absolute Gasteiger partial charge is 0.478 e. The van der Waals surface area contributed by atoms with E-state index >= 15 is 0 Å². The molecule has 1 atom stereocenters. The molecule has 0 saturated heterocycles. The monoisotopic (exact) mass is 289 g/mol. The second kappa shape index (κ2) is 6.21. The number of hydrogen-bond acceptors (Lipinski definition) is 5. The van der Waals surface area contributed by atoms with E-state index < -0.39 is 17.0 Å². The van der Waals surface area contributed by atoms with Crippen molar-refractivity contribution in [2.24, 2.45) is 0 Å². The van der Waals surface area contributed by atoms with Crippen LogP contribution in [0.2, 0.25) is 0 Å². The van der Waals surface area contributed by atoms with Gasteiger partial charge in [0.25, 0.3) is 5.69 Å². The maximum absolute atomic E-state index is 11.6. The summed E-state index contributed by atoms with van der Waals surface area (Å²) >= 11 is 0. The molecule has 2 aromatic rings. The van der Waals surface area contributed by atoms with E-state index in [0.717, 1.165) is 0 Å². The molecule has 0 aliphatic heterocycles. The van der Waals surface area contributed by atoms with Crippen LogP contribution >= 0.6 is 0 Å². The standard InChI is InChI=1S/C15H15NO5/c1-3-20-15(17)10(2)21-14-9-8-13(16(18)19)11-6-4-5-7-12(11)14/h4-10H,3H2,1-2H3/t10-/m0/s1. The molecule has 0 fully saturated rings. The number of benzene rings is 2. The van der Waals surface area contributed by atoms with E-state index in [1.54, 1.807) is 38.1 Å². The summed E-state index contributed by atoms with van der Waals surface area (Å²) in [5.74, 6) is -0.0586. The van der Waals surface area contributed by atoms with E-state index in [9.17, 15) is 14.9 Å². The fourth-order valence-corrected chi connectivity index (χ4v) is 2.02. The minimum Gasteiger partial charge on any atom is -0.478 e. The third-order valence-electron chi connectivity index (χ3n) is 2.98. The lowest BCUT2D eigenvalue weighted by molar-refractivity contribution is -0.383. The van der Waals surface area contributed by atoms with E-state index in [-0.39, 0.29) is 12.3 Å². The highest BCUT2D eigenvalue weighted by Crippen LogP contribution is 2.33. The highest BCUT2D eigenvalue weighted by molar-refractivity contribution is 5.95. The molecule has 2 rings (SSSR count). The highest BCUT2D eigenvalue weighted by Gasteiger charge is 2.19. The predicted molar refractivity (Wildman–Crippen MR) is 77.3 cm³/mol. The number of non-ortho nitro benzene ring substituents is 1. The smallest absolute Gasteiger partial charge is 0.347 e. The average molecular weight is 289 g/mol. The van der Waals surface area contributed by atoms with Crippen molar-refractivity contribution >= 4 is 22.4 Å². The van der Waals surface area contributed by atoms with Crippen LogP contribution in [0.4, 0.5) is 5.69 Å². The maximum Gasteiger partial charge on any atom is 0.347 e. The third kappa shape index (κ3) is 3.10. The van der Waals surface area contributed by atoms with Gasteiger partial charge in [-0.2, -0.15) is 0 Å². The van der Waals surface area contributed by atoms with Crippen molar-refractivity contribution in [3.63, 3.8) is 0 Å². The number of carbonyl (C=O) groups excluding carboxylic acids is 1. The van der Waals surface area contributed by atoms with Gasteiger partial charge in [-0.1, -0.05) is 18.2 Å². The quantitative estimate of drug-likeness (QED) is 0.480. The van der Waals surface area contributed by atoms with Gasteiger partial charge in [0.2, 0.25) is 0 Å². The van der Waals surface area contributed by atoms with Gasteiger partial charge in [0.15, 0.2) is 6.10 Å². The van der Waals surface area contributed by atoms with Crippen LogP contribution in [-0.2, 0) is 9.53 Å². The molecular formula is C15H15NO5. The van der Waals surface area contributed by atoms with Crippen LogP contribution in [0.1, 0.15) is 13.8 Å². The van der Waals surface area contributed by atoms with E-state index in [1.165, 1.54) is 12.1 Å². The van der Waals surface area contributed by atoms with Crippen molar-refractivity contribution in [2.45, 2.75) is 20.0 Å². The number of hydrogen-bond donors (Lipinski definition) is 0. The van der Waals surface area contributed by atoms with Gasteiger partial charge in [-0.15, -0.1) is 0 Å². The molecule has 21 heavy (non-hydrogen) atoms. The van der Waals surface area contributed by atoms with Gasteiger partial charge in [0, 0.05) is 11.5 Å². The first kappa shape index (κ1) is 14.8. The summed E-state index contributed by atoms with van der Waals surface area (Å²) in [4.78, 5) is 22.2. The van der Waals surface area contributed by atoms with Crippen LogP contribution in [0.3, 0.4) is 0 Å². The number of nitrogens with zero attached hydrogens (tertiary/aromatic N) is 1. The van der Waals surface area contributed by atoms with Crippen LogP contribution in [0, 0.1) is 10.1 Å². The summed E-state index contributed by atoms with van der Waals surface area (Å²) in [5.41, 5.74) is 0.00161. The molecular weight excluding hydrogens is 274 g/mol. The van der Waals surface area contributed by atoms with Crippen LogP contribution < -0.4 is 4.74 Å². The molecule has 0 bridgehead atoms. The summed E-state index contributed by atoms with van der Waals surface area (Å²) in [7, 11) is 0. The molecule has 0 saturated carbocycles. The molecule has 0 aliphatic rings. The van der Waals surface area contributed by atoms with E-state index in [0.29, 0.717) is 16.5 Å². The number of esters is 1. The van der Waals surface area contributed by atoms with Crippen molar-refractivity contribution in [1.29, 1.82) is 0 Å². The van der Waals surface area contributed by atoms with Gasteiger partial charge < -0.3 is 9.47 Å². The molecule has 0 spiro atoms. The second-order valence-corrected chi connectivity index (χ2v) is 4.40. The first-order valence-corrected chi connectivity index (χ1v) is 6.54. The minimum atomic E-state index is -0.783. The van der Waals surface area contributed by atoms with Gasteiger partial charge in [0.05, 0.1) is 16.9 Å². The normalized spacial score (nSPS) is 11.9. The SMILES string of the molecule is CCOC(=O)[C@H](C)Oc1ccc([N+](=O)[O-])c2ccccc12. The van der Waals surface area contributed by atoms with Crippen molar-refractivity contribution < 1.29 is 19.2 Å². The Morgan fingerprint density at radius 3 is 2.52 bits per heavy atom. The molecule has 0 unspecified atom stereocenters. The van der Waals surface area contributed by atoms with Crippen LogP contribution in [0.15, 0.2) is 36.4 Å². The lowest BCUT2D eigenvalue weighted by Crippen LogP contribution is -2.26. The number of carbonyl (C=O) groups is 1. The summed E-state index contributed by atoms with van der Waals surface area (Å²) in [6.07, 6.45) is -0.783. The van der Waals surface area contributed by atoms with E-state index in [2.05, 4.69) is 0 Å². The van der Waals surface area contributed by atoms with Crippen molar-refractivity contribution in [3.8, 4) is 5.75 Å². The number of rotatable bonds is 5. The van der Waals surface area contributed by atoms with Crippen molar-refractivity contribution in [3.05, 3.63) is 46.5 Å². The molecule has 0 radical (unpaired) electrons. The third-order valence-corrected chi connectivity index (χ3v) is 2.98. The van der Waals surface area contributed by atoms with Crippen LogP contribution in [-0.4, -0.2) is 23.6 Å². The van der Waals surface area contributed by atoms with E-state index in [1.807, 2.05) is 0 Å². The summed E-state index contributed by atoms with van der Waals surface area (Å²) in [6.45, 7) is 3.56. The summed E-state index contributed by atoms with van der Waals surface area (Å²) in [5, 5.41) is 12.1. The Kier molecular flexibility index (Phi) is 4.37. The Morgan fingerprint density at radius 2 is 1.90 bits per heavy atom. The first-order chi connectivity index (χ1) is 10.0. The van der Waals surface area contributed by atoms with Gasteiger partial charge in [0.1, 0.15) is 5.75 Å². The fraction of sp³-hybridized carbons (Fsp3) is 0.267. The zero-order valence-corrected chi connectivity index (χ0v) is 11.7. The molecule has 0 amide bonds. The summed E-state index contributed by atoms with van der Waals surface area (Å²) < 4.78 is 10.5. The lowest BCUT2D eigenvalue weighted by atomic mass is 10.1. The number of nitro groups is 1. The number of ether oxygens (including phenoxy) is 2. The average Bonchev–Trinajstić information content (AvgIpc) is 2.47. The molecule has 6 nitrogen and oxygen atoms in total. The molecule has 2 aromatic carbocycles. The van der Waals surface area contributed by atoms with Crippen LogP contribution in [0.25, 0.3) is 10.8 Å². The Bertz CT molecular complexity index is 683.